The van der Waals surface area contributed by atoms with Gasteiger partial charge in [-0.05, 0) is 53.6 Å². The molecule has 7 heteroatoms. The maximum Gasteiger partial charge on any atom is 0.221 e. The van der Waals surface area contributed by atoms with E-state index >= 15 is 0 Å². The van der Waals surface area contributed by atoms with Gasteiger partial charge in [0.25, 0.3) is 0 Å². The molecule has 34 heavy (non-hydrogen) atoms. The SMILES string of the molecule is CC(=O)Nc1ccc(/C=C/C(=O)c2cncc(C(=O)/C=C/c3ccc(NC(C)=O)cc3)c2)cc1. The monoisotopic (exact) mass is 453 g/mol. The van der Waals surface area contributed by atoms with Crippen molar-refractivity contribution in [3.63, 3.8) is 0 Å². The zero-order valence-electron chi connectivity index (χ0n) is 18.7. The predicted octanol–water partition coefficient (Wildman–Crippen LogP) is 4.79. The summed E-state index contributed by atoms with van der Waals surface area (Å²) in [6.45, 7) is 2.86. The number of aromatic nitrogens is 1. The van der Waals surface area contributed by atoms with E-state index in [-0.39, 0.29) is 23.4 Å². The fourth-order valence-corrected chi connectivity index (χ4v) is 3.01. The second-order valence-electron chi connectivity index (χ2n) is 7.46. The number of allylic oxidation sites excluding steroid dienone is 2. The number of benzene rings is 2. The molecule has 170 valence electrons. The van der Waals surface area contributed by atoms with Gasteiger partial charge in [-0.25, -0.2) is 0 Å². The number of hydrogen-bond acceptors (Lipinski definition) is 5. The smallest absolute Gasteiger partial charge is 0.221 e. The third-order valence-electron chi connectivity index (χ3n) is 4.62. The minimum atomic E-state index is -0.286. The molecular formula is C27H23N3O4. The average molecular weight is 453 g/mol. The lowest BCUT2D eigenvalue weighted by molar-refractivity contribution is -0.115. The average Bonchev–Trinajstić information content (AvgIpc) is 2.82. The van der Waals surface area contributed by atoms with Crippen LogP contribution in [0, 0.1) is 0 Å². The van der Waals surface area contributed by atoms with E-state index < -0.39 is 0 Å². The number of carbonyl (C=O) groups is 4. The first-order valence-corrected chi connectivity index (χ1v) is 10.5. The Labute approximate surface area is 197 Å². The highest BCUT2D eigenvalue weighted by atomic mass is 16.2. The van der Waals surface area contributed by atoms with Gasteiger partial charge in [-0.1, -0.05) is 36.4 Å². The first-order valence-electron chi connectivity index (χ1n) is 10.5. The van der Waals surface area contributed by atoms with Crippen molar-refractivity contribution in [1.82, 2.24) is 4.98 Å². The molecule has 2 aromatic carbocycles. The van der Waals surface area contributed by atoms with Crippen molar-refractivity contribution in [3.8, 4) is 0 Å². The van der Waals surface area contributed by atoms with Crippen LogP contribution in [0.15, 0.2) is 79.1 Å². The van der Waals surface area contributed by atoms with Crippen molar-refractivity contribution in [2.45, 2.75) is 13.8 Å². The number of amides is 2. The first-order chi connectivity index (χ1) is 16.3. The first kappa shape index (κ1) is 24.0. The Kier molecular flexibility index (Phi) is 7.97. The van der Waals surface area contributed by atoms with Crippen LogP contribution in [0.4, 0.5) is 11.4 Å². The third-order valence-corrected chi connectivity index (χ3v) is 4.62. The third kappa shape index (κ3) is 7.20. The van der Waals surface area contributed by atoms with Crippen LogP contribution in [-0.2, 0) is 9.59 Å². The van der Waals surface area contributed by atoms with Crippen molar-refractivity contribution >= 4 is 46.9 Å². The summed E-state index contributed by atoms with van der Waals surface area (Å²) in [6, 6.07) is 15.6. The molecular weight excluding hydrogens is 430 g/mol. The summed E-state index contributed by atoms with van der Waals surface area (Å²) in [5, 5.41) is 5.36. The van der Waals surface area contributed by atoms with Crippen molar-refractivity contribution in [2.24, 2.45) is 0 Å². The molecule has 1 aromatic heterocycles. The highest BCUT2D eigenvalue weighted by molar-refractivity contribution is 6.10. The maximum atomic E-state index is 12.5. The van der Waals surface area contributed by atoms with Crippen LogP contribution in [0.3, 0.4) is 0 Å². The topological polar surface area (TPSA) is 105 Å². The second-order valence-corrected chi connectivity index (χ2v) is 7.46. The molecule has 0 saturated carbocycles. The number of ketones is 2. The number of carbonyl (C=O) groups excluding carboxylic acids is 4. The van der Waals surface area contributed by atoms with Crippen molar-refractivity contribution in [1.29, 1.82) is 0 Å². The van der Waals surface area contributed by atoms with Gasteiger partial charge in [0.15, 0.2) is 11.6 Å². The normalized spacial score (nSPS) is 10.9. The van der Waals surface area contributed by atoms with E-state index in [1.54, 1.807) is 60.7 Å². The summed E-state index contributed by atoms with van der Waals surface area (Å²) in [5.41, 5.74) is 3.51. The minimum absolute atomic E-state index is 0.157. The van der Waals surface area contributed by atoms with Gasteiger partial charge in [-0.15, -0.1) is 0 Å². The zero-order chi connectivity index (χ0) is 24.5. The highest BCUT2D eigenvalue weighted by Gasteiger charge is 2.08. The predicted molar refractivity (Wildman–Crippen MR) is 132 cm³/mol. The van der Waals surface area contributed by atoms with Crippen molar-refractivity contribution < 1.29 is 19.2 Å². The van der Waals surface area contributed by atoms with E-state index in [0.717, 1.165) is 11.1 Å². The molecule has 3 aromatic rings. The Hall–Kier alpha value is -4.65. The summed E-state index contributed by atoms with van der Waals surface area (Å²) >= 11 is 0. The van der Waals surface area contributed by atoms with Crippen LogP contribution in [-0.4, -0.2) is 28.4 Å². The number of rotatable bonds is 8. The van der Waals surface area contributed by atoms with E-state index in [4.69, 9.17) is 0 Å². The van der Waals surface area contributed by atoms with E-state index in [9.17, 15) is 19.2 Å². The Balaban J connectivity index is 1.65. The molecule has 2 N–H and O–H groups in total. The van der Waals surface area contributed by atoms with Gasteiger partial charge in [-0.3, -0.25) is 24.2 Å². The largest absolute Gasteiger partial charge is 0.326 e. The number of hydrogen-bond donors (Lipinski definition) is 2. The van der Waals surface area contributed by atoms with Crippen molar-refractivity contribution in [2.75, 3.05) is 10.6 Å². The van der Waals surface area contributed by atoms with Crippen LogP contribution in [0.2, 0.25) is 0 Å². The number of pyridine rings is 1. The lowest BCUT2D eigenvalue weighted by Gasteiger charge is -2.02. The van der Waals surface area contributed by atoms with Crippen LogP contribution >= 0.6 is 0 Å². The van der Waals surface area contributed by atoms with E-state index in [2.05, 4.69) is 15.6 Å². The number of anilines is 2. The number of nitrogens with one attached hydrogen (secondary N) is 2. The summed E-state index contributed by atoms with van der Waals surface area (Å²) in [4.78, 5) is 51.3. The summed E-state index contributed by atoms with van der Waals surface area (Å²) in [7, 11) is 0. The zero-order valence-corrected chi connectivity index (χ0v) is 18.7. The number of nitrogens with zero attached hydrogens (tertiary/aromatic N) is 1. The molecule has 0 bridgehead atoms. The molecule has 0 unspecified atom stereocenters. The highest BCUT2D eigenvalue weighted by Crippen LogP contribution is 2.14. The Morgan fingerprint density at radius 3 is 1.38 bits per heavy atom. The van der Waals surface area contributed by atoms with Gasteiger partial charge in [0.05, 0.1) is 0 Å². The molecule has 0 fully saturated rings. The van der Waals surface area contributed by atoms with Crippen LogP contribution < -0.4 is 10.6 Å². The van der Waals surface area contributed by atoms with E-state index in [0.29, 0.717) is 22.5 Å². The Morgan fingerprint density at radius 2 is 1.03 bits per heavy atom. The Bertz CT molecular complexity index is 1180. The lowest BCUT2D eigenvalue weighted by Crippen LogP contribution is -2.05. The summed E-state index contributed by atoms with van der Waals surface area (Å²) in [5.74, 6) is -0.888. The maximum absolute atomic E-state index is 12.5. The van der Waals surface area contributed by atoms with Gasteiger partial charge in [0.1, 0.15) is 0 Å². The lowest BCUT2D eigenvalue weighted by atomic mass is 10.1. The molecule has 0 saturated heterocycles. The van der Waals surface area contributed by atoms with Crippen LogP contribution in [0.1, 0.15) is 45.7 Å². The fraction of sp³-hybridized carbons (Fsp3) is 0.0741. The van der Waals surface area contributed by atoms with Gasteiger partial charge < -0.3 is 10.6 Å². The van der Waals surface area contributed by atoms with Gasteiger partial charge >= 0.3 is 0 Å². The Morgan fingerprint density at radius 1 is 0.647 bits per heavy atom. The molecule has 0 aliphatic rings. The van der Waals surface area contributed by atoms with Crippen molar-refractivity contribution in [3.05, 3.63) is 101 Å². The van der Waals surface area contributed by atoms with E-state index in [1.165, 1.54) is 44.5 Å². The molecule has 1 heterocycles. The molecule has 0 radical (unpaired) electrons. The summed E-state index contributed by atoms with van der Waals surface area (Å²) < 4.78 is 0. The molecule has 0 atom stereocenters. The molecule has 0 spiro atoms. The molecule has 7 nitrogen and oxygen atoms in total. The summed E-state index contributed by atoms with van der Waals surface area (Å²) in [6.07, 6.45) is 8.94. The standard InChI is InChI=1S/C27H23N3O4/c1-18(31)29-24-9-3-20(4-10-24)7-13-26(33)22-15-23(17-28-16-22)27(34)14-8-21-5-11-25(12-6-21)30-19(2)32/h3-17H,1-2H3,(H,29,31)(H,30,32)/b13-7+,14-8+. The van der Waals surface area contributed by atoms with Gasteiger partial charge in [0, 0.05) is 48.7 Å². The minimum Gasteiger partial charge on any atom is -0.326 e. The molecule has 2 amide bonds. The van der Waals surface area contributed by atoms with Gasteiger partial charge in [0.2, 0.25) is 11.8 Å². The quantitative estimate of drug-likeness (QED) is 0.377. The van der Waals surface area contributed by atoms with E-state index in [1.807, 2.05) is 0 Å². The van der Waals surface area contributed by atoms with Crippen LogP contribution in [0.25, 0.3) is 12.2 Å². The fourth-order valence-electron chi connectivity index (χ4n) is 3.01. The van der Waals surface area contributed by atoms with Gasteiger partial charge in [-0.2, -0.15) is 0 Å². The molecule has 0 aliphatic heterocycles. The molecule has 3 rings (SSSR count). The molecule has 0 aliphatic carbocycles. The van der Waals surface area contributed by atoms with Crippen LogP contribution in [0.5, 0.6) is 0 Å². The second kappa shape index (κ2) is 11.3.